The highest BCUT2D eigenvalue weighted by Gasteiger charge is 2.57. The molecular formula is C31H31BN2O6. The molecule has 0 radical (unpaired) electrons. The quantitative estimate of drug-likeness (QED) is 0.259. The molecule has 9 heteroatoms. The molecule has 3 aliphatic rings. The normalized spacial score (nSPS) is 24.9. The number of aromatic nitrogens is 1. The average Bonchev–Trinajstić information content (AvgIpc) is 3.53. The first kappa shape index (κ1) is 26.4. The van der Waals surface area contributed by atoms with E-state index in [0.717, 1.165) is 22.4 Å². The maximum Gasteiger partial charge on any atom is 0.455 e. The fourth-order valence-electron chi connectivity index (χ4n) is 6.59. The van der Waals surface area contributed by atoms with Crippen molar-refractivity contribution in [2.45, 2.75) is 45.2 Å². The van der Waals surface area contributed by atoms with Gasteiger partial charge in [-0.15, -0.1) is 0 Å². The van der Waals surface area contributed by atoms with E-state index >= 15 is 0 Å². The Labute approximate surface area is 233 Å². The SMILES string of the molecule is CC1=C2[C@@H](CC/C(=C/c3ccc(CO)o3)c3ccccn3)OB(O)C[C@@H]2[C@@H]2C(=O)N(c3ccccc3)C(=O)[C@@H]2C1. The lowest BCUT2D eigenvalue weighted by molar-refractivity contribution is -0.122. The average molecular weight is 538 g/mol. The van der Waals surface area contributed by atoms with Crippen molar-refractivity contribution < 1.29 is 28.8 Å². The van der Waals surface area contributed by atoms with Crippen molar-refractivity contribution >= 4 is 36.3 Å². The third kappa shape index (κ3) is 4.85. The first-order valence-electron chi connectivity index (χ1n) is 13.7. The number of furan rings is 1. The molecule has 0 saturated carbocycles. The van der Waals surface area contributed by atoms with Crippen LogP contribution in [-0.2, 0) is 20.9 Å². The number of anilines is 1. The Bertz CT molecular complexity index is 1470. The van der Waals surface area contributed by atoms with Gasteiger partial charge in [0, 0.05) is 6.20 Å². The standard InChI is InChI=1S/C31H31BN2O6/c1-19-15-24-29(31(37)34(30(24)36)21-7-3-2-4-8-21)25-17-32(38)40-27(28(19)25)13-10-20(26-9-5-6-14-33-26)16-22-11-12-23(18-35)39-22/h2-9,11-12,14,16,24-25,27,29,35,38H,10,13,15,17-18H2,1H3/b20-16-/t24-,25+,27-,29-/m1/s1. The zero-order chi connectivity index (χ0) is 27.8. The van der Waals surface area contributed by atoms with Crippen molar-refractivity contribution in [2.75, 3.05) is 4.90 Å². The van der Waals surface area contributed by atoms with Gasteiger partial charge in [-0.25, -0.2) is 0 Å². The summed E-state index contributed by atoms with van der Waals surface area (Å²) in [6.07, 6.45) is 5.15. The lowest BCUT2D eigenvalue weighted by Gasteiger charge is -2.42. The maximum atomic E-state index is 13.7. The number of amides is 2. The van der Waals surface area contributed by atoms with Gasteiger partial charge in [-0.2, -0.15) is 0 Å². The molecule has 1 aliphatic carbocycles. The first-order chi connectivity index (χ1) is 19.4. The van der Waals surface area contributed by atoms with E-state index < -0.39 is 25.1 Å². The molecule has 1 aromatic carbocycles. The van der Waals surface area contributed by atoms with Crippen LogP contribution in [0.15, 0.2) is 82.4 Å². The van der Waals surface area contributed by atoms with Crippen molar-refractivity contribution in [1.29, 1.82) is 0 Å². The number of benzene rings is 1. The predicted molar refractivity (Wildman–Crippen MR) is 150 cm³/mol. The Balaban J connectivity index is 1.28. The van der Waals surface area contributed by atoms with E-state index in [2.05, 4.69) is 4.98 Å². The number of allylic oxidation sites excluding steroid dienone is 2. The topological polar surface area (TPSA) is 113 Å². The van der Waals surface area contributed by atoms with Gasteiger partial charge in [0.05, 0.1) is 29.3 Å². The predicted octanol–water partition coefficient (Wildman–Crippen LogP) is 4.51. The summed E-state index contributed by atoms with van der Waals surface area (Å²) in [5.74, 6) is -0.495. The first-order valence-corrected chi connectivity index (χ1v) is 13.7. The molecule has 2 fully saturated rings. The number of aliphatic hydroxyl groups excluding tert-OH is 1. The summed E-state index contributed by atoms with van der Waals surface area (Å²) in [6.45, 7) is 1.84. The summed E-state index contributed by atoms with van der Waals surface area (Å²) in [5, 5.41) is 20.2. The van der Waals surface area contributed by atoms with Crippen LogP contribution >= 0.6 is 0 Å². The molecule has 2 amide bonds. The Morgan fingerprint density at radius 3 is 2.60 bits per heavy atom. The number of imide groups is 1. The molecule has 204 valence electrons. The number of carbonyl (C=O) groups excluding carboxylic acids is 2. The van der Waals surface area contributed by atoms with Crippen LogP contribution in [0.2, 0.25) is 6.32 Å². The van der Waals surface area contributed by atoms with Crippen LogP contribution in [0.5, 0.6) is 0 Å². The zero-order valence-corrected chi connectivity index (χ0v) is 22.3. The molecule has 2 saturated heterocycles. The van der Waals surface area contributed by atoms with Crippen molar-refractivity contribution in [1.82, 2.24) is 4.98 Å². The van der Waals surface area contributed by atoms with Gasteiger partial charge in [0.2, 0.25) is 11.8 Å². The minimum absolute atomic E-state index is 0.168. The number of para-hydroxylation sites is 1. The molecule has 3 aromatic rings. The van der Waals surface area contributed by atoms with Crippen molar-refractivity contribution in [3.63, 3.8) is 0 Å². The fourth-order valence-corrected chi connectivity index (χ4v) is 6.59. The molecule has 2 N–H and O–H groups in total. The van der Waals surface area contributed by atoms with Gasteiger partial charge >= 0.3 is 7.12 Å². The molecule has 8 nitrogen and oxygen atoms in total. The van der Waals surface area contributed by atoms with Crippen LogP contribution in [0, 0.1) is 17.8 Å². The molecular weight excluding hydrogens is 507 g/mol. The fraction of sp³-hybridized carbons (Fsp3) is 0.323. The van der Waals surface area contributed by atoms with Crippen molar-refractivity contribution in [2.24, 2.45) is 17.8 Å². The monoisotopic (exact) mass is 538 g/mol. The summed E-state index contributed by atoms with van der Waals surface area (Å²) in [6, 6.07) is 18.3. The number of hydrogen-bond donors (Lipinski definition) is 2. The Kier molecular flexibility index (Phi) is 7.27. The minimum Gasteiger partial charge on any atom is -0.459 e. The second-order valence-corrected chi connectivity index (χ2v) is 10.7. The van der Waals surface area contributed by atoms with Gasteiger partial charge in [0.1, 0.15) is 18.1 Å². The summed E-state index contributed by atoms with van der Waals surface area (Å²) in [4.78, 5) is 33.0. The number of hydrogen-bond acceptors (Lipinski definition) is 7. The van der Waals surface area contributed by atoms with Crippen LogP contribution < -0.4 is 4.90 Å². The largest absolute Gasteiger partial charge is 0.459 e. The molecule has 0 spiro atoms. The molecule has 2 aliphatic heterocycles. The Morgan fingerprint density at radius 1 is 1.07 bits per heavy atom. The van der Waals surface area contributed by atoms with Gasteiger partial charge in [-0.05, 0) is 92.0 Å². The van der Waals surface area contributed by atoms with E-state index in [1.54, 1.807) is 30.5 Å². The molecule has 40 heavy (non-hydrogen) atoms. The molecule has 0 unspecified atom stereocenters. The number of rotatable bonds is 7. The van der Waals surface area contributed by atoms with E-state index in [4.69, 9.17) is 9.07 Å². The van der Waals surface area contributed by atoms with E-state index in [1.165, 1.54) is 4.90 Å². The Morgan fingerprint density at radius 2 is 1.88 bits per heavy atom. The number of pyridine rings is 1. The maximum absolute atomic E-state index is 13.7. The van der Waals surface area contributed by atoms with E-state index in [9.17, 15) is 19.7 Å². The molecule has 6 rings (SSSR count). The number of carbonyl (C=O) groups is 2. The smallest absolute Gasteiger partial charge is 0.455 e. The van der Waals surface area contributed by atoms with Crippen LogP contribution in [0.1, 0.15) is 43.4 Å². The lowest BCUT2D eigenvalue weighted by atomic mass is 9.58. The van der Waals surface area contributed by atoms with Crippen LogP contribution in [-0.4, -0.2) is 40.2 Å². The van der Waals surface area contributed by atoms with Gasteiger partial charge in [0.25, 0.3) is 0 Å². The second-order valence-electron chi connectivity index (χ2n) is 10.7. The second kappa shape index (κ2) is 11.0. The summed E-state index contributed by atoms with van der Waals surface area (Å²) in [5.41, 5.74) is 4.39. The highest BCUT2D eigenvalue weighted by atomic mass is 16.5. The van der Waals surface area contributed by atoms with Crippen LogP contribution in [0.3, 0.4) is 0 Å². The number of fused-ring (bicyclic) bond motifs is 3. The minimum atomic E-state index is -1.03. The number of aliphatic hydroxyl groups is 1. The van der Waals surface area contributed by atoms with Gasteiger partial charge in [-0.3, -0.25) is 19.5 Å². The summed E-state index contributed by atoms with van der Waals surface area (Å²) >= 11 is 0. The summed E-state index contributed by atoms with van der Waals surface area (Å²) < 4.78 is 11.8. The highest BCUT2D eigenvalue weighted by molar-refractivity contribution is 6.43. The Hall–Kier alpha value is -3.79. The molecule has 2 aromatic heterocycles. The summed E-state index contributed by atoms with van der Waals surface area (Å²) in [7, 11) is -1.03. The zero-order valence-electron chi connectivity index (χ0n) is 22.3. The molecule has 0 bridgehead atoms. The highest BCUT2D eigenvalue weighted by Crippen LogP contribution is 2.51. The van der Waals surface area contributed by atoms with Crippen LogP contribution in [0.25, 0.3) is 11.6 Å². The van der Waals surface area contributed by atoms with E-state index in [1.807, 2.05) is 49.4 Å². The van der Waals surface area contributed by atoms with Gasteiger partial charge < -0.3 is 19.2 Å². The van der Waals surface area contributed by atoms with E-state index in [0.29, 0.717) is 36.5 Å². The van der Waals surface area contributed by atoms with Gasteiger partial charge in [-0.1, -0.05) is 29.8 Å². The van der Waals surface area contributed by atoms with Gasteiger partial charge in [0.15, 0.2) is 0 Å². The van der Waals surface area contributed by atoms with Crippen molar-refractivity contribution in [3.8, 4) is 0 Å². The molecule has 4 atom stereocenters. The molecule has 4 heterocycles. The third-order valence-corrected chi connectivity index (χ3v) is 8.29. The van der Waals surface area contributed by atoms with Crippen molar-refractivity contribution in [3.05, 3.63) is 95.2 Å². The van der Waals surface area contributed by atoms with E-state index in [-0.39, 0.29) is 30.7 Å². The lowest BCUT2D eigenvalue weighted by Crippen LogP contribution is -2.46. The third-order valence-electron chi connectivity index (χ3n) is 8.29. The van der Waals surface area contributed by atoms with Crippen LogP contribution in [0.4, 0.5) is 5.69 Å². The number of nitrogens with zero attached hydrogens (tertiary/aromatic N) is 2.